The number of nitrogens with zero attached hydrogens (tertiary/aromatic N) is 4. The van der Waals surface area contributed by atoms with Gasteiger partial charge in [0.05, 0.1) is 16.9 Å². The summed E-state index contributed by atoms with van der Waals surface area (Å²) in [5.41, 5.74) is 3.30. The zero-order valence-electron chi connectivity index (χ0n) is 9.75. The van der Waals surface area contributed by atoms with Crippen LogP contribution in [0, 0.1) is 11.3 Å². The maximum Gasteiger partial charge on any atom is 0.116 e. The molecule has 1 aromatic heterocycles. The van der Waals surface area contributed by atoms with E-state index in [-0.39, 0.29) is 0 Å². The Morgan fingerprint density at radius 2 is 2.06 bits per heavy atom. The predicted octanol–water partition coefficient (Wildman–Crippen LogP) is 2.08. The summed E-state index contributed by atoms with van der Waals surface area (Å²) in [4.78, 5) is 9.96. The van der Waals surface area contributed by atoms with Crippen LogP contribution in [0.3, 0.4) is 0 Å². The number of anilines is 1. The van der Waals surface area contributed by atoms with Gasteiger partial charge >= 0.3 is 0 Å². The fourth-order valence-corrected chi connectivity index (χ4v) is 1.64. The molecular weight excluding hydrogens is 212 g/mol. The minimum Gasteiger partial charge on any atom is -0.377 e. The first-order valence-electron chi connectivity index (χ1n) is 5.20. The highest BCUT2D eigenvalue weighted by atomic mass is 15.1. The van der Waals surface area contributed by atoms with Crippen LogP contribution in [0.5, 0.6) is 0 Å². The van der Waals surface area contributed by atoms with Crippen LogP contribution >= 0.6 is 0 Å². The van der Waals surface area contributed by atoms with Gasteiger partial charge in [-0.05, 0) is 18.2 Å². The Bertz CT molecular complexity index is 555. The van der Waals surface area contributed by atoms with Crippen LogP contribution < -0.4 is 4.90 Å². The van der Waals surface area contributed by atoms with E-state index in [4.69, 9.17) is 5.26 Å². The smallest absolute Gasteiger partial charge is 0.116 e. The van der Waals surface area contributed by atoms with Crippen molar-refractivity contribution < 1.29 is 0 Å². The van der Waals surface area contributed by atoms with Crippen molar-refractivity contribution in [3.63, 3.8) is 0 Å². The average molecular weight is 224 g/mol. The molecule has 1 heterocycles. The Balaban J connectivity index is 2.50. The molecule has 2 rings (SSSR count). The molecule has 4 heteroatoms. The number of hydrogen-bond donors (Lipinski definition) is 0. The third-order valence-electron chi connectivity index (χ3n) is 2.48. The van der Waals surface area contributed by atoms with E-state index in [0.29, 0.717) is 5.56 Å². The van der Waals surface area contributed by atoms with Crippen molar-refractivity contribution in [2.75, 3.05) is 19.0 Å². The van der Waals surface area contributed by atoms with Gasteiger partial charge < -0.3 is 4.90 Å². The molecule has 0 spiro atoms. The lowest BCUT2D eigenvalue weighted by Gasteiger charge is -2.14. The van der Waals surface area contributed by atoms with E-state index in [9.17, 15) is 0 Å². The minimum atomic E-state index is 0.645. The van der Waals surface area contributed by atoms with Crippen LogP contribution in [-0.2, 0) is 0 Å². The molecule has 0 aliphatic rings. The van der Waals surface area contributed by atoms with Gasteiger partial charge in [-0.25, -0.2) is 9.97 Å². The van der Waals surface area contributed by atoms with E-state index in [2.05, 4.69) is 16.0 Å². The largest absolute Gasteiger partial charge is 0.377 e. The Kier molecular flexibility index (Phi) is 3.01. The number of rotatable bonds is 2. The zero-order chi connectivity index (χ0) is 12.3. The van der Waals surface area contributed by atoms with Gasteiger partial charge in [-0.3, -0.25) is 0 Å². The first-order chi connectivity index (χ1) is 8.22. The predicted molar refractivity (Wildman–Crippen MR) is 66.5 cm³/mol. The summed E-state index contributed by atoms with van der Waals surface area (Å²) in [5, 5.41) is 9.13. The molecule has 0 radical (unpaired) electrons. The number of benzene rings is 1. The van der Waals surface area contributed by atoms with Crippen molar-refractivity contribution in [2.24, 2.45) is 0 Å². The monoisotopic (exact) mass is 224 g/mol. The van der Waals surface area contributed by atoms with Crippen molar-refractivity contribution in [3.05, 3.63) is 42.4 Å². The second kappa shape index (κ2) is 4.62. The molecule has 1 aromatic carbocycles. The average Bonchev–Trinajstić information content (AvgIpc) is 2.39. The minimum absolute atomic E-state index is 0.645. The second-order valence-electron chi connectivity index (χ2n) is 3.83. The maximum atomic E-state index is 9.13. The van der Waals surface area contributed by atoms with Gasteiger partial charge in [0, 0.05) is 25.9 Å². The summed E-state index contributed by atoms with van der Waals surface area (Å²) in [7, 11) is 3.83. The highest BCUT2D eigenvalue weighted by Gasteiger charge is 2.06. The molecule has 17 heavy (non-hydrogen) atoms. The Labute approximate surface area is 100 Å². The summed E-state index contributed by atoms with van der Waals surface area (Å²) >= 11 is 0. The molecule has 0 bridgehead atoms. The van der Waals surface area contributed by atoms with Crippen LogP contribution in [0.1, 0.15) is 5.56 Å². The number of hydrogen-bond acceptors (Lipinski definition) is 4. The molecule has 84 valence electrons. The molecule has 2 aromatic rings. The summed E-state index contributed by atoms with van der Waals surface area (Å²) in [6.07, 6.45) is 3.19. The van der Waals surface area contributed by atoms with Gasteiger partial charge in [0.15, 0.2) is 0 Å². The van der Waals surface area contributed by atoms with Crippen LogP contribution in [0.2, 0.25) is 0 Å². The number of aromatic nitrogens is 2. The lowest BCUT2D eigenvalue weighted by atomic mass is 10.1. The third kappa shape index (κ3) is 2.23. The fraction of sp³-hybridized carbons (Fsp3) is 0.154. The van der Waals surface area contributed by atoms with Gasteiger partial charge in [-0.1, -0.05) is 6.07 Å². The number of nitriles is 1. The van der Waals surface area contributed by atoms with Crippen molar-refractivity contribution in [1.82, 2.24) is 9.97 Å². The molecule has 0 aliphatic heterocycles. The summed E-state index contributed by atoms with van der Waals surface area (Å²) < 4.78 is 0. The van der Waals surface area contributed by atoms with Crippen molar-refractivity contribution >= 4 is 5.69 Å². The van der Waals surface area contributed by atoms with Gasteiger partial charge in [-0.2, -0.15) is 5.26 Å². The van der Waals surface area contributed by atoms with E-state index in [1.165, 1.54) is 6.33 Å². The Hall–Kier alpha value is -2.41. The van der Waals surface area contributed by atoms with Crippen molar-refractivity contribution in [3.8, 4) is 17.3 Å². The quantitative estimate of drug-likeness (QED) is 0.783. The third-order valence-corrected chi connectivity index (χ3v) is 2.48. The van der Waals surface area contributed by atoms with Crippen LogP contribution in [-0.4, -0.2) is 24.1 Å². The molecule has 0 atom stereocenters. The SMILES string of the molecule is CN(C)c1ccc(-c2ccncn2)cc1C#N. The van der Waals surface area contributed by atoms with Crippen LogP contribution in [0.4, 0.5) is 5.69 Å². The molecule has 0 aliphatic carbocycles. The first kappa shape index (κ1) is 11.1. The van der Waals surface area contributed by atoms with E-state index in [1.54, 1.807) is 6.20 Å². The van der Waals surface area contributed by atoms with E-state index in [0.717, 1.165) is 16.9 Å². The molecule has 0 amide bonds. The Morgan fingerprint density at radius 1 is 1.24 bits per heavy atom. The lowest BCUT2D eigenvalue weighted by Crippen LogP contribution is -2.10. The standard InChI is InChI=1S/C13H12N4/c1-17(2)13-4-3-10(7-11(13)8-14)12-5-6-15-9-16-12/h3-7,9H,1-2H3. The van der Waals surface area contributed by atoms with E-state index < -0.39 is 0 Å². The van der Waals surface area contributed by atoms with Gasteiger partial charge in [-0.15, -0.1) is 0 Å². The first-order valence-corrected chi connectivity index (χ1v) is 5.20. The lowest BCUT2D eigenvalue weighted by molar-refractivity contribution is 1.12. The highest BCUT2D eigenvalue weighted by molar-refractivity contribution is 5.69. The van der Waals surface area contributed by atoms with Crippen molar-refractivity contribution in [2.45, 2.75) is 0 Å². The van der Waals surface area contributed by atoms with E-state index >= 15 is 0 Å². The van der Waals surface area contributed by atoms with Gasteiger partial charge in [0.25, 0.3) is 0 Å². The second-order valence-corrected chi connectivity index (χ2v) is 3.83. The van der Waals surface area contributed by atoms with Gasteiger partial charge in [0.2, 0.25) is 0 Å². The molecule has 4 nitrogen and oxygen atoms in total. The molecule has 0 unspecified atom stereocenters. The zero-order valence-corrected chi connectivity index (χ0v) is 9.75. The molecule has 0 saturated heterocycles. The molecule has 0 saturated carbocycles. The highest BCUT2D eigenvalue weighted by Crippen LogP contribution is 2.24. The maximum absolute atomic E-state index is 9.13. The molecular formula is C13H12N4. The van der Waals surface area contributed by atoms with Crippen LogP contribution in [0.25, 0.3) is 11.3 Å². The van der Waals surface area contributed by atoms with E-state index in [1.807, 2.05) is 43.3 Å². The van der Waals surface area contributed by atoms with Crippen molar-refractivity contribution in [1.29, 1.82) is 5.26 Å². The Morgan fingerprint density at radius 3 is 2.65 bits per heavy atom. The molecule has 0 N–H and O–H groups in total. The summed E-state index contributed by atoms with van der Waals surface area (Å²) in [6, 6.07) is 9.76. The topological polar surface area (TPSA) is 52.8 Å². The van der Waals surface area contributed by atoms with Gasteiger partial charge in [0.1, 0.15) is 12.4 Å². The molecule has 0 fully saturated rings. The summed E-state index contributed by atoms with van der Waals surface area (Å²) in [5.74, 6) is 0. The summed E-state index contributed by atoms with van der Waals surface area (Å²) in [6.45, 7) is 0. The van der Waals surface area contributed by atoms with Crippen LogP contribution in [0.15, 0.2) is 36.8 Å². The normalized spacial score (nSPS) is 9.71. The fourth-order valence-electron chi connectivity index (χ4n) is 1.64.